The zero-order valence-electron chi connectivity index (χ0n) is 20.2. The molecule has 1 saturated heterocycles. The highest BCUT2D eigenvalue weighted by Gasteiger charge is 2.29. The number of esters is 1. The van der Waals surface area contributed by atoms with E-state index in [9.17, 15) is 9.59 Å². The SMILES string of the molecule is Cc1cc(C)cc(SC[C@H]2C(=O)C=C[C@@H]2CCCCCCC(=O)OCCN2CCOCC2)c1. The summed E-state index contributed by atoms with van der Waals surface area (Å²) in [4.78, 5) is 27.8. The monoisotopic (exact) mass is 473 g/mol. The maximum atomic E-state index is 12.4. The van der Waals surface area contributed by atoms with Crippen molar-refractivity contribution in [2.75, 3.05) is 45.2 Å². The summed E-state index contributed by atoms with van der Waals surface area (Å²) >= 11 is 1.80. The second-order valence-electron chi connectivity index (χ2n) is 9.29. The van der Waals surface area contributed by atoms with Gasteiger partial charge in [-0.05, 0) is 61.9 Å². The van der Waals surface area contributed by atoms with E-state index in [1.165, 1.54) is 16.0 Å². The number of carbonyl (C=O) groups excluding carboxylic acids is 2. The molecule has 0 amide bonds. The number of nitrogens with zero attached hydrogens (tertiary/aromatic N) is 1. The van der Waals surface area contributed by atoms with Crippen LogP contribution in [0.1, 0.15) is 49.7 Å². The van der Waals surface area contributed by atoms with Crippen LogP contribution in [0, 0.1) is 25.7 Å². The quantitative estimate of drug-likeness (QED) is 0.229. The highest BCUT2D eigenvalue weighted by molar-refractivity contribution is 7.99. The second kappa shape index (κ2) is 13.9. The number of benzene rings is 1. The molecule has 2 atom stereocenters. The second-order valence-corrected chi connectivity index (χ2v) is 10.4. The van der Waals surface area contributed by atoms with E-state index in [0.29, 0.717) is 18.9 Å². The third-order valence-electron chi connectivity index (χ3n) is 6.46. The fourth-order valence-corrected chi connectivity index (χ4v) is 5.90. The molecule has 0 aromatic heterocycles. The molecule has 1 heterocycles. The van der Waals surface area contributed by atoms with Gasteiger partial charge >= 0.3 is 5.97 Å². The number of allylic oxidation sites excluding steroid dienone is 2. The zero-order chi connectivity index (χ0) is 23.5. The molecular formula is C27H39NO4S. The predicted molar refractivity (Wildman–Crippen MR) is 134 cm³/mol. The van der Waals surface area contributed by atoms with Gasteiger partial charge in [-0.15, -0.1) is 11.8 Å². The number of morpholine rings is 1. The van der Waals surface area contributed by atoms with Crippen molar-refractivity contribution in [3.63, 3.8) is 0 Å². The first-order valence-electron chi connectivity index (χ1n) is 12.4. The Morgan fingerprint density at radius 1 is 1.09 bits per heavy atom. The van der Waals surface area contributed by atoms with Gasteiger partial charge in [0.15, 0.2) is 5.78 Å². The van der Waals surface area contributed by atoms with Crippen LogP contribution in [0.2, 0.25) is 0 Å². The van der Waals surface area contributed by atoms with Crippen LogP contribution in [0.3, 0.4) is 0 Å². The third kappa shape index (κ3) is 9.26. The minimum absolute atomic E-state index is 0.0870. The molecule has 5 nitrogen and oxygen atoms in total. The molecule has 33 heavy (non-hydrogen) atoms. The molecule has 0 spiro atoms. The van der Waals surface area contributed by atoms with Crippen molar-refractivity contribution in [1.82, 2.24) is 4.90 Å². The summed E-state index contributed by atoms with van der Waals surface area (Å²) in [5.74, 6) is 1.47. The number of thioether (sulfide) groups is 1. The fraction of sp³-hybridized carbons (Fsp3) is 0.630. The van der Waals surface area contributed by atoms with Crippen molar-refractivity contribution in [2.24, 2.45) is 11.8 Å². The fourth-order valence-electron chi connectivity index (χ4n) is 4.58. The Labute approximate surface area is 203 Å². The van der Waals surface area contributed by atoms with E-state index in [0.717, 1.165) is 70.7 Å². The lowest BCUT2D eigenvalue weighted by Crippen LogP contribution is -2.38. The van der Waals surface area contributed by atoms with Crippen molar-refractivity contribution >= 4 is 23.5 Å². The lowest BCUT2D eigenvalue weighted by atomic mass is 9.91. The smallest absolute Gasteiger partial charge is 0.305 e. The summed E-state index contributed by atoms with van der Waals surface area (Å²) in [6.07, 6.45) is 9.54. The van der Waals surface area contributed by atoms with Crippen molar-refractivity contribution in [1.29, 1.82) is 0 Å². The van der Waals surface area contributed by atoms with Crippen LogP contribution in [0.4, 0.5) is 0 Å². The Bertz CT molecular complexity index is 783. The van der Waals surface area contributed by atoms with Crippen molar-refractivity contribution < 1.29 is 19.1 Å². The molecule has 1 aromatic carbocycles. The zero-order valence-corrected chi connectivity index (χ0v) is 21.0. The maximum Gasteiger partial charge on any atom is 0.305 e. The van der Waals surface area contributed by atoms with Crippen LogP contribution in [0.25, 0.3) is 0 Å². The lowest BCUT2D eigenvalue weighted by molar-refractivity contribution is -0.144. The van der Waals surface area contributed by atoms with Gasteiger partial charge in [0, 0.05) is 42.6 Å². The highest BCUT2D eigenvalue weighted by atomic mass is 32.2. The van der Waals surface area contributed by atoms with Crippen LogP contribution in [0.15, 0.2) is 35.2 Å². The number of ether oxygens (including phenoxy) is 2. The van der Waals surface area contributed by atoms with E-state index in [1.54, 1.807) is 17.8 Å². The highest BCUT2D eigenvalue weighted by Crippen LogP contribution is 2.33. The van der Waals surface area contributed by atoms with Gasteiger partial charge in [-0.2, -0.15) is 0 Å². The molecule has 3 rings (SSSR count). The Hall–Kier alpha value is -1.63. The van der Waals surface area contributed by atoms with Gasteiger partial charge in [0.1, 0.15) is 6.61 Å². The molecule has 1 aliphatic heterocycles. The topological polar surface area (TPSA) is 55.8 Å². The van der Waals surface area contributed by atoms with Gasteiger partial charge in [-0.1, -0.05) is 31.4 Å². The number of unbranched alkanes of at least 4 members (excludes halogenated alkanes) is 3. The number of aryl methyl sites for hydroxylation is 2. The number of rotatable bonds is 13. The average Bonchev–Trinajstić information content (AvgIpc) is 3.14. The minimum Gasteiger partial charge on any atom is -0.464 e. The molecule has 1 aromatic rings. The van der Waals surface area contributed by atoms with Gasteiger partial charge < -0.3 is 9.47 Å². The summed E-state index contributed by atoms with van der Waals surface area (Å²) in [6, 6.07) is 6.58. The summed E-state index contributed by atoms with van der Waals surface area (Å²) in [5, 5.41) is 0. The van der Waals surface area contributed by atoms with Crippen LogP contribution < -0.4 is 0 Å². The van der Waals surface area contributed by atoms with Crippen molar-refractivity contribution in [2.45, 2.75) is 57.3 Å². The summed E-state index contributed by atoms with van der Waals surface area (Å²) in [7, 11) is 0. The van der Waals surface area contributed by atoms with Crippen molar-refractivity contribution in [3.8, 4) is 0 Å². The molecule has 0 saturated carbocycles. The molecule has 0 bridgehead atoms. The normalized spacial score (nSPS) is 21.0. The van der Waals surface area contributed by atoms with Crippen LogP contribution in [-0.4, -0.2) is 61.9 Å². The molecular weight excluding hydrogens is 434 g/mol. The predicted octanol–water partition coefficient (Wildman–Crippen LogP) is 4.98. The van der Waals surface area contributed by atoms with Gasteiger partial charge in [-0.25, -0.2) is 0 Å². The first-order chi connectivity index (χ1) is 16.0. The Morgan fingerprint density at radius 3 is 2.58 bits per heavy atom. The van der Waals surface area contributed by atoms with Gasteiger partial charge in [0.25, 0.3) is 0 Å². The largest absolute Gasteiger partial charge is 0.464 e. The van der Waals surface area contributed by atoms with Crippen LogP contribution >= 0.6 is 11.8 Å². The first kappa shape index (κ1) is 26.0. The van der Waals surface area contributed by atoms with Crippen LogP contribution in [-0.2, 0) is 19.1 Å². The molecule has 2 aliphatic rings. The molecule has 6 heteroatoms. The van der Waals surface area contributed by atoms with E-state index in [2.05, 4.69) is 43.0 Å². The maximum absolute atomic E-state index is 12.4. The summed E-state index contributed by atoms with van der Waals surface area (Å²) < 4.78 is 10.7. The number of ketones is 1. The van der Waals surface area contributed by atoms with Gasteiger partial charge in [-0.3, -0.25) is 14.5 Å². The summed E-state index contributed by atoms with van der Waals surface area (Å²) in [5.41, 5.74) is 2.54. The molecule has 1 aliphatic carbocycles. The van der Waals surface area contributed by atoms with E-state index >= 15 is 0 Å². The Morgan fingerprint density at radius 2 is 1.82 bits per heavy atom. The van der Waals surface area contributed by atoms with E-state index in [1.807, 2.05) is 0 Å². The average molecular weight is 474 g/mol. The number of hydrogen-bond acceptors (Lipinski definition) is 6. The van der Waals surface area contributed by atoms with Crippen LogP contribution in [0.5, 0.6) is 0 Å². The standard InChI is InChI=1S/C27H39NO4S/c1-21-17-22(2)19-24(18-21)33-20-25-23(9-10-26(25)29)7-5-3-4-6-8-27(30)32-16-13-28-11-14-31-15-12-28/h9-10,17-19,23,25H,3-8,11-16,20H2,1-2H3/t23-,25+/m0/s1. The van der Waals surface area contributed by atoms with Gasteiger partial charge in [0.2, 0.25) is 0 Å². The molecule has 1 fully saturated rings. The Kier molecular flexibility index (Phi) is 11.0. The van der Waals surface area contributed by atoms with E-state index in [-0.39, 0.29) is 17.7 Å². The summed E-state index contributed by atoms with van der Waals surface area (Å²) in [6.45, 7) is 8.89. The minimum atomic E-state index is -0.0870. The molecule has 182 valence electrons. The number of carbonyl (C=O) groups is 2. The molecule has 0 N–H and O–H groups in total. The number of hydrogen-bond donors (Lipinski definition) is 0. The first-order valence-corrected chi connectivity index (χ1v) is 13.4. The molecule has 0 radical (unpaired) electrons. The third-order valence-corrected chi connectivity index (χ3v) is 7.55. The molecule has 0 unspecified atom stereocenters. The van der Waals surface area contributed by atoms with Crippen molar-refractivity contribution in [3.05, 3.63) is 41.5 Å². The Balaban J connectivity index is 1.25. The van der Waals surface area contributed by atoms with E-state index in [4.69, 9.17) is 9.47 Å². The van der Waals surface area contributed by atoms with E-state index < -0.39 is 0 Å². The van der Waals surface area contributed by atoms with Gasteiger partial charge in [0.05, 0.1) is 13.2 Å². The lowest BCUT2D eigenvalue weighted by Gasteiger charge is -2.26.